The molecular weight excluding hydrogens is 1000 g/mol. The molecule has 0 aromatic rings. The number of aliphatic hydroxyl groups excluding tert-OH is 18. The molecule has 0 saturated carbocycles. The third-order valence-electron chi connectivity index (χ3n) is 13.2. The second-order valence-corrected chi connectivity index (χ2v) is 18.2. The van der Waals surface area contributed by atoms with E-state index in [9.17, 15) is 102 Å². The van der Waals surface area contributed by atoms with E-state index in [1.165, 1.54) is 0 Å². The van der Waals surface area contributed by atoms with Crippen molar-refractivity contribution in [3.8, 4) is 0 Å². The molecule has 0 aliphatic carbocycles. The standard InChI is InChI=1S/C40H68N2O31/c1-9(49)41-17-20(52)30(12(4-44)63-35(17)62)69-36-18(42-10(2)50)21(53)31(13(5-45)65-36)70-38-27(59)23(55)33(15(7-47)66-38)72-40-29(61)25(57)34(16(8-48)68-40)73-39-28(60)24(56)32(14(6-46)67-39)71-37-26(58)22(54)19(51)11(3-43)64-37/h11-40,43-48,51-62H,3-8H2,1-2H3,(H,41,49)(H,42,50)/t11-,12-,13-,14-,15-,16-,17-,18-,19-,20-,21-,22+,23-,24-,25-,26+,27+,28+,29+,30-,31-,32-,33-,34-,35-,36+,37-,38+,39-,40+/m1/s1. The molecule has 6 aliphatic rings. The van der Waals surface area contributed by atoms with Crippen LogP contribution in [0.2, 0.25) is 0 Å². The molecule has 33 heteroatoms. The van der Waals surface area contributed by atoms with Crippen LogP contribution in [0.3, 0.4) is 0 Å². The molecule has 0 radical (unpaired) electrons. The Kier molecular flexibility index (Phi) is 21.3. The van der Waals surface area contributed by atoms with Gasteiger partial charge in [-0.1, -0.05) is 0 Å². The molecule has 20 N–H and O–H groups in total. The molecule has 0 spiro atoms. The number of ether oxygens (including phenoxy) is 11. The van der Waals surface area contributed by atoms with Crippen LogP contribution in [-0.2, 0) is 61.7 Å². The normalized spacial score (nSPS) is 49.8. The average molecular weight is 1070 g/mol. The van der Waals surface area contributed by atoms with Gasteiger partial charge in [-0.2, -0.15) is 0 Å². The van der Waals surface area contributed by atoms with Crippen LogP contribution in [0.1, 0.15) is 13.8 Å². The summed E-state index contributed by atoms with van der Waals surface area (Å²) in [6.45, 7) is -3.60. The zero-order valence-electron chi connectivity index (χ0n) is 38.9. The van der Waals surface area contributed by atoms with Gasteiger partial charge in [-0.3, -0.25) is 9.59 Å². The average Bonchev–Trinajstić information content (AvgIpc) is 3.36. The predicted octanol–water partition coefficient (Wildman–Crippen LogP) is -13.8. The van der Waals surface area contributed by atoms with Crippen molar-refractivity contribution in [1.29, 1.82) is 0 Å². The van der Waals surface area contributed by atoms with Gasteiger partial charge >= 0.3 is 0 Å². The van der Waals surface area contributed by atoms with E-state index in [2.05, 4.69) is 10.6 Å². The van der Waals surface area contributed by atoms with Gasteiger partial charge in [0.2, 0.25) is 11.8 Å². The van der Waals surface area contributed by atoms with E-state index in [0.29, 0.717) is 0 Å². The zero-order chi connectivity index (χ0) is 53.9. The number of amides is 2. The number of carbonyl (C=O) groups excluding carboxylic acids is 2. The lowest BCUT2D eigenvalue weighted by Crippen LogP contribution is -2.70. The van der Waals surface area contributed by atoms with Crippen molar-refractivity contribution in [3.63, 3.8) is 0 Å². The summed E-state index contributed by atoms with van der Waals surface area (Å²) in [5.41, 5.74) is 0. The highest BCUT2D eigenvalue weighted by molar-refractivity contribution is 5.73. The van der Waals surface area contributed by atoms with Crippen LogP contribution in [0, 0.1) is 0 Å². The molecule has 0 unspecified atom stereocenters. The van der Waals surface area contributed by atoms with Crippen LogP contribution in [-0.4, -0.2) is 327 Å². The fraction of sp³-hybridized carbons (Fsp3) is 0.950. The molecule has 2 amide bonds. The van der Waals surface area contributed by atoms with Gasteiger partial charge in [-0.05, 0) is 0 Å². The highest BCUT2D eigenvalue weighted by Crippen LogP contribution is 2.37. The Morgan fingerprint density at radius 3 is 0.932 bits per heavy atom. The maximum absolute atomic E-state index is 12.4. The van der Waals surface area contributed by atoms with Crippen LogP contribution >= 0.6 is 0 Å². The predicted molar refractivity (Wildman–Crippen MR) is 222 cm³/mol. The molecule has 30 atom stereocenters. The summed E-state index contributed by atoms with van der Waals surface area (Å²) < 4.78 is 61.9. The number of hydrogen-bond acceptors (Lipinski definition) is 31. The Bertz CT molecular complexity index is 1740. The molecule has 6 fully saturated rings. The first-order valence-corrected chi connectivity index (χ1v) is 23.1. The molecule has 424 valence electrons. The van der Waals surface area contributed by atoms with E-state index in [-0.39, 0.29) is 0 Å². The molecule has 6 rings (SSSR count). The van der Waals surface area contributed by atoms with Crippen LogP contribution in [0.5, 0.6) is 0 Å². The summed E-state index contributed by atoms with van der Waals surface area (Å²) in [6, 6.07) is -3.16. The van der Waals surface area contributed by atoms with Crippen LogP contribution in [0.4, 0.5) is 0 Å². The highest BCUT2D eigenvalue weighted by Gasteiger charge is 2.58. The van der Waals surface area contributed by atoms with Crippen LogP contribution in [0.15, 0.2) is 0 Å². The molecular formula is C40H68N2O31. The Labute approximate surface area is 413 Å². The van der Waals surface area contributed by atoms with E-state index >= 15 is 0 Å². The highest BCUT2D eigenvalue weighted by atomic mass is 16.8. The Morgan fingerprint density at radius 2 is 0.589 bits per heavy atom. The molecule has 73 heavy (non-hydrogen) atoms. The van der Waals surface area contributed by atoms with E-state index in [1.807, 2.05) is 0 Å². The molecule has 6 aliphatic heterocycles. The molecule has 33 nitrogen and oxygen atoms in total. The van der Waals surface area contributed by atoms with Gasteiger partial charge in [-0.25, -0.2) is 0 Å². The van der Waals surface area contributed by atoms with Crippen molar-refractivity contribution in [2.24, 2.45) is 0 Å². The monoisotopic (exact) mass is 1070 g/mol. The van der Waals surface area contributed by atoms with Gasteiger partial charge in [-0.15, -0.1) is 0 Å². The largest absolute Gasteiger partial charge is 0.394 e. The third-order valence-corrected chi connectivity index (χ3v) is 13.2. The third kappa shape index (κ3) is 12.9. The molecule has 0 bridgehead atoms. The Balaban J connectivity index is 1.10. The minimum Gasteiger partial charge on any atom is -0.394 e. The lowest BCUT2D eigenvalue weighted by molar-refractivity contribution is -0.393. The first-order valence-electron chi connectivity index (χ1n) is 23.1. The SMILES string of the molecule is CC(=O)N[C@@H]1[C@@H](O)[C@H](O[C@@H]2O[C@H](CO)[C@@H](O[C@@H]3O[C@H](CO)[C@@H](O[C@@H]4O[C@H](CO)[C@@H](O[C@H]5O[C@H](CO)[C@@H](O[C@H]6O[C@H](CO)[C@@H](O)[C@H](O)[C@@H]6O)[C@H](O)[C@@H]5O)[C@H](O)[C@@H]4O)[C@H](O)[C@@H]3O)[C@H](O)[C@H]2NC(C)=O)[C@@H](CO)O[C@H]1O. The quantitative estimate of drug-likeness (QED) is 0.0606. The Hall–Kier alpha value is -2.22. The summed E-state index contributed by atoms with van der Waals surface area (Å²) in [6.07, 6.45) is -52.3. The fourth-order valence-corrected chi connectivity index (χ4v) is 9.33. The summed E-state index contributed by atoms with van der Waals surface area (Å²) in [5.74, 6) is -1.48. The summed E-state index contributed by atoms with van der Waals surface area (Å²) in [7, 11) is 0. The van der Waals surface area contributed by atoms with Gasteiger partial charge in [0.05, 0.1) is 39.6 Å². The van der Waals surface area contributed by atoms with E-state index < -0.39 is 236 Å². The number of carbonyl (C=O) groups is 2. The topological polar surface area (TPSA) is 524 Å². The molecule has 6 heterocycles. The first-order chi connectivity index (χ1) is 34.5. The second kappa shape index (κ2) is 26.0. The minimum absolute atomic E-state index is 0.694. The fourth-order valence-electron chi connectivity index (χ4n) is 9.33. The number of nitrogens with one attached hydrogen (secondary N) is 2. The van der Waals surface area contributed by atoms with E-state index in [1.54, 1.807) is 0 Å². The van der Waals surface area contributed by atoms with Gasteiger partial charge in [0.1, 0.15) is 146 Å². The van der Waals surface area contributed by atoms with Gasteiger partial charge < -0.3 is 155 Å². The van der Waals surface area contributed by atoms with Crippen LogP contribution in [0.25, 0.3) is 0 Å². The van der Waals surface area contributed by atoms with Crippen molar-refractivity contribution in [2.45, 2.75) is 198 Å². The molecule has 0 aromatic heterocycles. The lowest BCUT2D eigenvalue weighted by atomic mass is 9.94. The summed E-state index contributed by atoms with van der Waals surface area (Å²) in [4.78, 5) is 24.2. The number of rotatable bonds is 18. The summed E-state index contributed by atoms with van der Waals surface area (Å²) >= 11 is 0. The van der Waals surface area contributed by atoms with Crippen molar-refractivity contribution >= 4 is 11.8 Å². The Morgan fingerprint density at radius 1 is 0.329 bits per heavy atom. The summed E-state index contributed by atoms with van der Waals surface area (Å²) in [5, 5.41) is 196. The van der Waals surface area contributed by atoms with Crippen molar-refractivity contribution in [3.05, 3.63) is 0 Å². The van der Waals surface area contributed by atoms with Crippen molar-refractivity contribution in [2.75, 3.05) is 39.6 Å². The van der Waals surface area contributed by atoms with E-state index in [4.69, 9.17) is 52.1 Å². The molecule has 6 saturated heterocycles. The number of aliphatic hydroxyl groups is 18. The van der Waals surface area contributed by atoms with E-state index in [0.717, 1.165) is 13.8 Å². The smallest absolute Gasteiger partial charge is 0.217 e. The van der Waals surface area contributed by atoms with Gasteiger partial charge in [0.15, 0.2) is 37.7 Å². The second-order valence-electron chi connectivity index (χ2n) is 18.2. The lowest BCUT2D eigenvalue weighted by Gasteiger charge is -2.50. The maximum atomic E-state index is 12.4. The minimum atomic E-state index is -2.19. The van der Waals surface area contributed by atoms with Crippen molar-refractivity contribution < 1.29 is 154 Å². The number of hydrogen-bond donors (Lipinski definition) is 20. The zero-order valence-corrected chi connectivity index (χ0v) is 38.9. The van der Waals surface area contributed by atoms with Gasteiger partial charge in [0.25, 0.3) is 0 Å². The van der Waals surface area contributed by atoms with Gasteiger partial charge in [0, 0.05) is 13.8 Å². The molecule has 0 aromatic carbocycles. The maximum Gasteiger partial charge on any atom is 0.217 e. The first kappa shape index (κ1) is 60.0. The van der Waals surface area contributed by atoms with Crippen molar-refractivity contribution in [1.82, 2.24) is 10.6 Å². The van der Waals surface area contributed by atoms with Crippen LogP contribution < -0.4 is 10.6 Å².